The molecule has 2 fully saturated rings. The van der Waals surface area contributed by atoms with Crippen LogP contribution >= 0.6 is 0 Å². The van der Waals surface area contributed by atoms with Crippen LogP contribution in [0.5, 0.6) is 0 Å². The molecule has 0 aromatic carbocycles. The first-order valence-electron chi connectivity index (χ1n) is 11.7. The van der Waals surface area contributed by atoms with Crippen LogP contribution < -0.4 is 10.2 Å². The van der Waals surface area contributed by atoms with Crippen LogP contribution in [-0.4, -0.2) is 38.8 Å². The molecule has 0 bridgehead atoms. The number of pyridine rings is 1. The minimum Gasteiger partial charge on any atom is -0.370 e. The SMILES string of the molecule is C1=NCc2cc3cnc(Nc4ccc(N5CCCCC5)cn4)nc3n2C12CCCCC2. The zero-order valence-electron chi connectivity index (χ0n) is 17.9. The van der Waals surface area contributed by atoms with Crippen LogP contribution in [0.25, 0.3) is 11.0 Å². The van der Waals surface area contributed by atoms with Gasteiger partial charge in [0.1, 0.15) is 11.5 Å². The van der Waals surface area contributed by atoms with E-state index in [0.717, 1.165) is 49.3 Å². The van der Waals surface area contributed by atoms with E-state index in [-0.39, 0.29) is 5.54 Å². The lowest BCUT2D eigenvalue weighted by atomic mass is 9.81. The zero-order valence-corrected chi connectivity index (χ0v) is 17.9. The van der Waals surface area contributed by atoms with E-state index in [0.29, 0.717) is 5.95 Å². The van der Waals surface area contributed by atoms with Gasteiger partial charge in [-0.05, 0) is 50.3 Å². The van der Waals surface area contributed by atoms with Crippen molar-refractivity contribution in [1.29, 1.82) is 0 Å². The maximum absolute atomic E-state index is 4.93. The van der Waals surface area contributed by atoms with Crippen LogP contribution in [0.2, 0.25) is 0 Å². The molecule has 160 valence electrons. The van der Waals surface area contributed by atoms with Crippen molar-refractivity contribution < 1.29 is 0 Å². The first kappa shape index (κ1) is 18.8. The van der Waals surface area contributed by atoms with Gasteiger partial charge in [0.2, 0.25) is 5.95 Å². The minimum atomic E-state index is -0.0203. The molecule has 7 nitrogen and oxygen atoms in total. The van der Waals surface area contributed by atoms with Gasteiger partial charge in [0.05, 0.1) is 24.0 Å². The van der Waals surface area contributed by atoms with E-state index >= 15 is 0 Å². The van der Waals surface area contributed by atoms with Crippen molar-refractivity contribution in [3.63, 3.8) is 0 Å². The van der Waals surface area contributed by atoms with Crippen LogP contribution in [0.3, 0.4) is 0 Å². The quantitative estimate of drug-likeness (QED) is 0.665. The molecule has 0 radical (unpaired) electrons. The van der Waals surface area contributed by atoms with Crippen LogP contribution in [0.1, 0.15) is 57.1 Å². The van der Waals surface area contributed by atoms with Crippen molar-refractivity contribution in [3.8, 4) is 0 Å². The number of nitrogens with one attached hydrogen (secondary N) is 1. The Kier molecular flexibility index (Phi) is 4.62. The molecule has 0 atom stereocenters. The van der Waals surface area contributed by atoms with Crippen LogP contribution in [0.15, 0.2) is 35.6 Å². The molecule has 7 heteroatoms. The molecule has 3 aliphatic rings. The van der Waals surface area contributed by atoms with Crippen molar-refractivity contribution >= 4 is 34.7 Å². The summed E-state index contributed by atoms with van der Waals surface area (Å²) in [6.07, 6.45) is 16.0. The first-order valence-corrected chi connectivity index (χ1v) is 11.7. The number of piperidine rings is 1. The maximum Gasteiger partial charge on any atom is 0.230 e. The second-order valence-electron chi connectivity index (χ2n) is 9.15. The number of hydrogen-bond acceptors (Lipinski definition) is 6. The zero-order chi connectivity index (χ0) is 20.7. The predicted molar refractivity (Wildman–Crippen MR) is 124 cm³/mol. The summed E-state index contributed by atoms with van der Waals surface area (Å²) in [5, 5.41) is 4.40. The monoisotopic (exact) mass is 415 g/mol. The van der Waals surface area contributed by atoms with Crippen molar-refractivity contribution in [2.75, 3.05) is 23.3 Å². The summed E-state index contributed by atoms with van der Waals surface area (Å²) < 4.78 is 2.44. The molecule has 3 aromatic rings. The minimum absolute atomic E-state index is 0.0203. The maximum atomic E-state index is 4.93. The van der Waals surface area contributed by atoms with E-state index in [9.17, 15) is 0 Å². The molecule has 2 aliphatic heterocycles. The summed E-state index contributed by atoms with van der Waals surface area (Å²) >= 11 is 0. The molecule has 31 heavy (non-hydrogen) atoms. The van der Waals surface area contributed by atoms with Gasteiger partial charge in [0, 0.05) is 36.6 Å². The Labute approximate surface area is 182 Å². The lowest BCUT2D eigenvalue weighted by molar-refractivity contribution is 0.282. The normalized spacial score (nSPS) is 20.2. The van der Waals surface area contributed by atoms with E-state index in [4.69, 9.17) is 9.98 Å². The van der Waals surface area contributed by atoms with Crippen molar-refractivity contribution in [1.82, 2.24) is 19.5 Å². The van der Waals surface area contributed by atoms with Crippen molar-refractivity contribution in [3.05, 3.63) is 36.3 Å². The Bertz CT molecular complexity index is 1100. The highest BCUT2D eigenvalue weighted by Gasteiger charge is 2.37. The molecule has 0 unspecified atom stereocenters. The lowest BCUT2D eigenvalue weighted by Gasteiger charge is -2.39. The Hall–Kier alpha value is -2.96. The number of aromatic nitrogens is 4. The van der Waals surface area contributed by atoms with Crippen molar-refractivity contribution in [2.45, 2.75) is 63.5 Å². The standard InChI is InChI=1S/C24H29N7/c1-3-9-24(10-4-1)17-25-15-20-13-18-14-27-23(29-22(18)31(20)24)28-21-8-7-19(16-26-21)30-11-5-2-6-12-30/h7-8,13-14,16-17H,1-6,9-12,15H2,(H,26,27,28,29). The second kappa shape index (κ2) is 7.62. The highest BCUT2D eigenvalue weighted by Crippen LogP contribution is 2.39. The lowest BCUT2D eigenvalue weighted by Crippen LogP contribution is -2.40. The van der Waals surface area contributed by atoms with Gasteiger partial charge in [-0.2, -0.15) is 4.98 Å². The molecule has 6 rings (SSSR count). The first-order chi connectivity index (χ1) is 15.3. The van der Waals surface area contributed by atoms with Gasteiger partial charge in [0.15, 0.2) is 0 Å². The molecule has 1 aliphatic carbocycles. The van der Waals surface area contributed by atoms with E-state index < -0.39 is 0 Å². The van der Waals surface area contributed by atoms with E-state index in [1.165, 1.54) is 49.9 Å². The summed E-state index contributed by atoms with van der Waals surface area (Å²) in [6.45, 7) is 2.97. The fraction of sp³-hybridized carbons (Fsp3) is 0.500. The Morgan fingerprint density at radius 3 is 2.55 bits per heavy atom. The third-order valence-electron chi connectivity index (χ3n) is 7.08. The van der Waals surface area contributed by atoms with Crippen molar-refractivity contribution in [2.24, 2.45) is 4.99 Å². The predicted octanol–water partition coefficient (Wildman–Crippen LogP) is 4.80. The number of fused-ring (bicyclic) bond motifs is 4. The van der Waals surface area contributed by atoms with Gasteiger partial charge in [-0.25, -0.2) is 9.97 Å². The Balaban J connectivity index is 1.29. The van der Waals surface area contributed by atoms with Crippen LogP contribution in [-0.2, 0) is 12.1 Å². The van der Waals surface area contributed by atoms with E-state index in [2.05, 4.69) is 43.1 Å². The molecule has 1 N–H and O–H groups in total. The van der Waals surface area contributed by atoms with Gasteiger partial charge in [0.25, 0.3) is 0 Å². The summed E-state index contributed by atoms with van der Waals surface area (Å²) in [6, 6.07) is 6.38. The van der Waals surface area contributed by atoms with Crippen LogP contribution in [0, 0.1) is 0 Å². The molecular weight excluding hydrogens is 386 g/mol. The summed E-state index contributed by atoms with van der Waals surface area (Å²) in [7, 11) is 0. The number of rotatable bonds is 3. The topological polar surface area (TPSA) is 71.2 Å². The fourth-order valence-corrected chi connectivity index (χ4v) is 5.51. The molecular formula is C24H29N7. The second-order valence-corrected chi connectivity index (χ2v) is 9.15. The number of anilines is 3. The van der Waals surface area contributed by atoms with Gasteiger partial charge < -0.3 is 14.8 Å². The summed E-state index contributed by atoms with van der Waals surface area (Å²) in [5.41, 5.74) is 3.43. The number of hydrogen-bond donors (Lipinski definition) is 1. The Morgan fingerprint density at radius 1 is 0.903 bits per heavy atom. The molecule has 1 spiro atoms. The molecule has 5 heterocycles. The molecule has 1 saturated carbocycles. The molecule has 3 aromatic heterocycles. The van der Waals surface area contributed by atoms with Gasteiger partial charge in [-0.15, -0.1) is 0 Å². The van der Waals surface area contributed by atoms with Gasteiger partial charge in [-0.1, -0.05) is 19.3 Å². The van der Waals surface area contributed by atoms with Gasteiger partial charge in [-0.3, -0.25) is 4.99 Å². The third-order valence-corrected chi connectivity index (χ3v) is 7.08. The average molecular weight is 416 g/mol. The highest BCUT2D eigenvalue weighted by atomic mass is 15.2. The third kappa shape index (κ3) is 3.36. The number of nitrogens with zero attached hydrogens (tertiary/aromatic N) is 6. The van der Waals surface area contributed by atoms with E-state index in [1.54, 1.807) is 0 Å². The largest absolute Gasteiger partial charge is 0.370 e. The fourth-order valence-electron chi connectivity index (χ4n) is 5.51. The van der Waals surface area contributed by atoms with Crippen LogP contribution in [0.4, 0.5) is 17.5 Å². The highest BCUT2D eigenvalue weighted by molar-refractivity contribution is 5.82. The smallest absolute Gasteiger partial charge is 0.230 e. The van der Waals surface area contributed by atoms with Gasteiger partial charge >= 0.3 is 0 Å². The Morgan fingerprint density at radius 2 is 1.74 bits per heavy atom. The molecule has 1 saturated heterocycles. The molecule has 0 amide bonds. The number of aliphatic imine (C=N–C) groups is 1. The summed E-state index contributed by atoms with van der Waals surface area (Å²) in [4.78, 5) is 21.2. The summed E-state index contributed by atoms with van der Waals surface area (Å²) in [5.74, 6) is 1.37. The van der Waals surface area contributed by atoms with E-state index in [1.807, 2.05) is 18.5 Å². The average Bonchev–Trinajstić information content (AvgIpc) is 3.20.